The lowest BCUT2D eigenvalue weighted by Gasteiger charge is -2.36. The second kappa shape index (κ2) is 4.83. The number of nitrogens with zero attached hydrogens (tertiary/aromatic N) is 2. The first-order valence-electron chi connectivity index (χ1n) is 4.57. The van der Waals surface area contributed by atoms with E-state index in [4.69, 9.17) is 10.4 Å². The summed E-state index contributed by atoms with van der Waals surface area (Å²) in [7, 11) is 0. The Balaban J connectivity index is 2.45. The van der Waals surface area contributed by atoms with Gasteiger partial charge in [0.2, 0.25) is 5.91 Å². The molecule has 1 fully saturated rings. The fourth-order valence-electron chi connectivity index (χ4n) is 1.49. The summed E-state index contributed by atoms with van der Waals surface area (Å²) in [5.41, 5.74) is 0. The molecule has 1 rings (SSSR count). The summed E-state index contributed by atoms with van der Waals surface area (Å²) >= 11 is 0. The third-order valence-electron chi connectivity index (χ3n) is 2.41. The molecule has 4 nitrogen and oxygen atoms in total. The van der Waals surface area contributed by atoms with Gasteiger partial charge in [-0.15, -0.1) is 0 Å². The Morgan fingerprint density at radius 1 is 1.62 bits per heavy atom. The molecule has 1 amide bonds. The fraction of sp³-hybridized carbons (Fsp3) is 0.778. The van der Waals surface area contributed by atoms with Gasteiger partial charge < -0.3 is 10.0 Å². The minimum atomic E-state index is -0.152. The molecule has 0 heterocycles. The van der Waals surface area contributed by atoms with Gasteiger partial charge in [0, 0.05) is 12.6 Å². The van der Waals surface area contributed by atoms with E-state index in [-0.39, 0.29) is 25.0 Å². The molecule has 1 aliphatic rings. The van der Waals surface area contributed by atoms with Crippen LogP contribution in [0.3, 0.4) is 0 Å². The molecular formula is C9H14N2O2. The highest BCUT2D eigenvalue weighted by Gasteiger charge is 2.27. The highest BCUT2D eigenvalue weighted by molar-refractivity contribution is 5.78. The van der Waals surface area contributed by atoms with E-state index in [2.05, 4.69) is 0 Å². The molecule has 0 radical (unpaired) electrons. The number of nitriles is 1. The molecule has 1 N–H and O–H groups in total. The second-order valence-corrected chi connectivity index (χ2v) is 3.23. The summed E-state index contributed by atoms with van der Waals surface area (Å²) in [5.74, 6) is -0.152. The van der Waals surface area contributed by atoms with Crippen LogP contribution in [0.25, 0.3) is 0 Å². The maximum Gasteiger partial charge on any atom is 0.237 e. The zero-order chi connectivity index (χ0) is 9.68. The maximum absolute atomic E-state index is 11.4. The molecule has 13 heavy (non-hydrogen) atoms. The summed E-state index contributed by atoms with van der Waals surface area (Å²) in [4.78, 5) is 13.0. The van der Waals surface area contributed by atoms with Gasteiger partial charge in [0.05, 0.1) is 12.7 Å². The van der Waals surface area contributed by atoms with E-state index in [9.17, 15) is 4.79 Å². The molecular weight excluding hydrogens is 168 g/mol. The number of hydrogen-bond acceptors (Lipinski definition) is 3. The molecule has 0 aromatic rings. The van der Waals surface area contributed by atoms with Gasteiger partial charge in [0.25, 0.3) is 0 Å². The molecule has 0 atom stereocenters. The van der Waals surface area contributed by atoms with Crippen molar-refractivity contribution in [3.05, 3.63) is 0 Å². The Bertz CT molecular complexity index is 218. The Kier molecular flexibility index (Phi) is 3.71. The number of rotatable bonds is 4. The van der Waals surface area contributed by atoms with E-state index in [0.29, 0.717) is 6.54 Å². The van der Waals surface area contributed by atoms with Crippen molar-refractivity contribution in [3.63, 3.8) is 0 Å². The van der Waals surface area contributed by atoms with Crippen LogP contribution in [0.4, 0.5) is 0 Å². The van der Waals surface area contributed by atoms with Crippen molar-refractivity contribution in [2.45, 2.75) is 31.7 Å². The summed E-state index contributed by atoms with van der Waals surface area (Å²) in [6.45, 7) is 0.346. The summed E-state index contributed by atoms with van der Waals surface area (Å²) < 4.78 is 0. The van der Waals surface area contributed by atoms with Gasteiger partial charge in [-0.25, -0.2) is 0 Å². The highest BCUT2D eigenvalue weighted by atomic mass is 16.3. The summed E-state index contributed by atoms with van der Waals surface area (Å²) in [6.07, 6.45) is 3.09. The Morgan fingerprint density at radius 3 is 2.69 bits per heavy atom. The lowest BCUT2D eigenvalue weighted by atomic mass is 9.91. The average molecular weight is 182 g/mol. The number of carbonyl (C=O) groups excluding carboxylic acids is 1. The maximum atomic E-state index is 11.4. The quantitative estimate of drug-likeness (QED) is 0.679. The standard InChI is InChI=1S/C9H14N2O2/c10-5-4-9(13)11(6-7-12)8-2-1-3-8/h8,12H,1-4,6-7H2. The van der Waals surface area contributed by atoms with Crippen LogP contribution >= 0.6 is 0 Å². The van der Waals surface area contributed by atoms with Crippen molar-refractivity contribution in [2.24, 2.45) is 0 Å². The minimum absolute atomic E-state index is 0.0202. The summed E-state index contributed by atoms with van der Waals surface area (Å²) in [6, 6.07) is 2.11. The molecule has 0 saturated heterocycles. The van der Waals surface area contributed by atoms with Gasteiger partial charge in [-0.05, 0) is 19.3 Å². The lowest BCUT2D eigenvalue weighted by molar-refractivity contribution is -0.134. The predicted octanol–water partition coefficient (Wildman–Crippen LogP) is 0.273. The van der Waals surface area contributed by atoms with E-state index >= 15 is 0 Å². The zero-order valence-electron chi connectivity index (χ0n) is 7.57. The van der Waals surface area contributed by atoms with Crippen LogP contribution in [0, 0.1) is 11.3 Å². The van der Waals surface area contributed by atoms with Crippen molar-refractivity contribution in [3.8, 4) is 6.07 Å². The SMILES string of the molecule is N#CCC(=O)N(CCO)C1CCC1. The Morgan fingerprint density at radius 2 is 2.31 bits per heavy atom. The monoisotopic (exact) mass is 182 g/mol. The van der Waals surface area contributed by atoms with Crippen molar-refractivity contribution in [1.29, 1.82) is 5.26 Å². The number of carbonyl (C=O) groups is 1. The van der Waals surface area contributed by atoms with Crippen molar-refractivity contribution in [2.75, 3.05) is 13.2 Å². The highest BCUT2D eigenvalue weighted by Crippen LogP contribution is 2.24. The lowest BCUT2D eigenvalue weighted by Crippen LogP contribution is -2.45. The second-order valence-electron chi connectivity index (χ2n) is 3.23. The molecule has 0 spiro atoms. The molecule has 0 aliphatic heterocycles. The van der Waals surface area contributed by atoms with Crippen LogP contribution in [0.1, 0.15) is 25.7 Å². The zero-order valence-corrected chi connectivity index (χ0v) is 7.57. The van der Waals surface area contributed by atoms with Crippen molar-refractivity contribution >= 4 is 5.91 Å². The van der Waals surface area contributed by atoms with Gasteiger partial charge in [-0.2, -0.15) is 5.26 Å². The molecule has 0 bridgehead atoms. The van der Waals surface area contributed by atoms with E-state index < -0.39 is 0 Å². The first-order valence-corrected chi connectivity index (χ1v) is 4.57. The van der Waals surface area contributed by atoms with Crippen LogP contribution in [0.15, 0.2) is 0 Å². The fourth-order valence-corrected chi connectivity index (χ4v) is 1.49. The summed E-state index contributed by atoms with van der Waals surface area (Å²) in [5, 5.41) is 17.1. The van der Waals surface area contributed by atoms with Crippen LogP contribution in [-0.4, -0.2) is 35.1 Å². The molecule has 0 aromatic heterocycles. The van der Waals surface area contributed by atoms with E-state index in [1.165, 1.54) is 0 Å². The molecule has 0 unspecified atom stereocenters. The number of aliphatic hydroxyl groups is 1. The topological polar surface area (TPSA) is 64.3 Å². The molecule has 1 aliphatic carbocycles. The van der Waals surface area contributed by atoms with Crippen LogP contribution < -0.4 is 0 Å². The smallest absolute Gasteiger partial charge is 0.237 e. The predicted molar refractivity (Wildman–Crippen MR) is 46.7 cm³/mol. The average Bonchev–Trinajstić information content (AvgIpc) is 2.01. The molecule has 72 valence electrons. The number of hydrogen-bond donors (Lipinski definition) is 1. The van der Waals surface area contributed by atoms with Crippen LogP contribution in [-0.2, 0) is 4.79 Å². The van der Waals surface area contributed by atoms with Gasteiger partial charge in [0.15, 0.2) is 0 Å². The number of amides is 1. The third-order valence-corrected chi connectivity index (χ3v) is 2.41. The van der Waals surface area contributed by atoms with E-state index in [0.717, 1.165) is 19.3 Å². The largest absolute Gasteiger partial charge is 0.395 e. The molecule has 4 heteroatoms. The Hall–Kier alpha value is -1.08. The Labute approximate surface area is 77.8 Å². The van der Waals surface area contributed by atoms with Gasteiger partial charge in [-0.3, -0.25) is 4.79 Å². The van der Waals surface area contributed by atoms with Gasteiger partial charge in [0.1, 0.15) is 6.42 Å². The van der Waals surface area contributed by atoms with Gasteiger partial charge >= 0.3 is 0 Å². The van der Waals surface area contributed by atoms with E-state index in [1.54, 1.807) is 4.90 Å². The van der Waals surface area contributed by atoms with Crippen molar-refractivity contribution < 1.29 is 9.90 Å². The van der Waals surface area contributed by atoms with Crippen LogP contribution in [0.2, 0.25) is 0 Å². The first kappa shape index (κ1) is 10.0. The van der Waals surface area contributed by atoms with Crippen LogP contribution in [0.5, 0.6) is 0 Å². The third kappa shape index (κ3) is 2.43. The normalized spacial score (nSPS) is 16.0. The van der Waals surface area contributed by atoms with Gasteiger partial charge in [-0.1, -0.05) is 0 Å². The number of aliphatic hydroxyl groups excluding tert-OH is 1. The minimum Gasteiger partial charge on any atom is -0.395 e. The van der Waals surface area contributed by atoms with Crippen molar-refractivity contribution in [1.82, 2.24) is 4.90 Å². The first-order chi connectivity index (χ1) is 6.29. The molecule has 1 saturated carbocycles. The van der Waals surface area contributed by atoms with E-state index in [1.807, 2.05) is 6.07 Å². The molecule has 0 aromatic carbocycles.